The first kappa shape index (κ1) is 23.0. The minimum atomic E-state index is -0.540. The number of hydrogen-bond donors (Lipinski definition) is 2. The monoisotopic (exact) mass is 504 g/mol. The molecule has 6 rings (SSSR count). The zero-order valence-corrected chi connectivity index (χ0v) is 20.3. The molecule has 6 heterocycles. The largest absolute Gasteiger partial charge is 0.492 e. The minimum Gasteiger partial charge on any atom is -0.492 e. The van der Waals surface area contributed by atoms with E-state index >= 15 is 0 Å². The standard InChI is InChI=1S/C25H25FN8O3/c1-3-36-15-6-16(24-17-9-30-31-25(17)32-34(24)11-15)14-4-5-22(28-8-14)33-12-19(27)21(13-33)37-23-7-18(26)20(35-2)10-29-23/h4-11,19,21H,3,12-13,27H2,1-2H3,(H,31,32)/t19-,21-/m1/s1. The van der Waals surface area contributed by atoms with E-state index < -0.39 is 5.82 Å². The zero-order chi connectivity index (χ0) is 25.5. The summed E-state index contributed by atoms with van der Waals surface area (Å²) in [7, 11) is 1.38. The molecule has 0 aromatic carbocycles. The Morgan fingerprint density at radius 1 is 1.16 bits per heavy atom. The van der Waals surface area contributed by atoms with Gasteiger partial charge in [0.15, 0.2) is 17.2 Å². The number of hydrogen-bond acceptors (Lipinski definition) is 9. The summed E-state index contributed by atoms with van der Waals surface area (Å²) in [4.78, 5) is 10.9. The number of ether oxygens (including phenoxy) is 3. The van der Waals surface area contributed by atoms with Gasteiger partial charge in [0, 0.05) is 29.9 Å². The normalized spacial score (nSPS) is 17.6. The van der Waals surface area contributed by atoms with Gasteiger partial charge in [-0.2, -0.15) is 5.10 Å². The molecule has 1 saturated heterocycles. The second-order valence-corrected chi connectivity index (χ2v) is 8.74. The molecule has 0 radical (unpaired) electrons. The van der Waals surface area contributed by atoms with Gasteiger partial charge in [0.2, 0.25) is 5.88 Å². The third-order valence-corrected chi connectivity index (χ3v) is 6.39. The molecule has 0 bridgehead atoms. The van der Waals surface area contributed by atoms with Gasteiger partial charge in [-0.25, -0.2) is 18.9 Å². The Hall–Kier alpha value is -4.45. The van der Waals surface area contributed by atoms with E-state index in [0.29, 0.717) is 31.1 Å². The van der Waals surface area contributed by atoms with Crippen LogP contribution in [0.15, 0.2) is 49.1 Å². The Balaban J connectivity index is 1.25. The van der Waals surface area contributed by atoms with Crippen LogP contribution in [0.1, 0.15) is 6.92 Å². The number of nitrogens with zero attached hydrogens (tertiary/aromatic N) is 6. The van der Waals surface area contributed by atoms with Crippen molar-refractivity contribution in [2.45, 2.75) is 19.1 Å². The number of anilines is 1. The van der Waals surface area contributed by atoms with E-state index in [2.05, 4.69) is 20.3 Å². The van der Waals surface area contributed by atoms with Crippen LogP contribution in [-0.2, 0) is 0 Å². The van der Waals surface area contributed by atoms with Crippen LogP contribution in [0.25, 0.3) is 27.7 Å². The van der Waals surface area contributed by atoms with Crippen LogP contribution in [0.5, 0.6) is 17.4 Å². The van der Waals surface area contributed by atoms with E-state index in [4.69, 9.17) is 24.9 Å². The van der Waals surface area contributed by atoms with Crippen LogP contribution in [0.2, 0.25) is 0 Å². The van der Waals surface area contributed by atoms with Crippen molar-refractivity contribution in [1.29, 1.82) is 0 Å². The number of methoxy groups -OCH3 is 1. The van der Waals surface area contributed by atoms with Crippen molar-refractivity contribution in [3.05, 3.63) is 54.9 Å². The molecule has 37 heavy (non-hydrogen) atoms. The molecule has 1 fully saturated rings. The van der Waals surface area contributed by atoms with Crippen LogP contribution in [0, 0.1) is 5.82 Å². The summed E-state index contributed by atoms with van der Waals surface area (Å²) in [6.45, 7) is 3.51. The Morgan fingerprint density at radius 3 is 2.81 bits per heavy atom. The molecule has 0 spiro atoms. The van der Waals surface area contributed by atoms with Crippen LogP contribution < -0.4 is 24.8 Å². The van der Waals surface area contributed by atoms with E-state index in [1.165, 1.54) is 19.4 Å². The molecule has 0 saturated carbocycles. The quantitative estimate of drug-likeness (QED) is 0.344. The molecule has 0 amide bonds. The van der Waals surface area contributed by atoms with Gasteiger partial charge < -0.3 is 24.8 Å². The van der Waals surface area contributed by atoms with Crippen molar-refractivity contribution in [1.82, 2.24) is 29.8 Å². The van der Waals surface area contributed by atoms with Crippen LogP contribution in [0.3, 0.4) is 0 Å². The molecule has 5 aromatic heterocycles. The maximum atomic E-state index is 14.0. The zero-order valence-electron chi connectivity index (χ0n) is 20.3. The van der Waals surface area contributed by atoms with Gasteiger partial charge in [-0.05, 0) is 25.1 Å². The molecular formula is C25H25FN8O3. The molecule has 12 heteroatoms. The highest BCUT2D eigenvalue weighted by Crippen LogP contribution is 2.33. The van der Waals surface area contributed by atoms with Gasteiger partial charge >= 0.3 is 0 Å². The highest BCUT2D eigenvalue weighted by Gasteiger charge is 2.33. The topological polar surface area (TPSA) is 129 Å². The van der Waals surface area contributed by atoms with E-state index in [1.807, 2.05) is 42.4 Å². The highest BCUT2D eigenvalue weighted by atomic mass is 19.1. The number of pyridine rings is 3. The summed E-state index contributed by atoms with van der Waals surface area (Å²) in [6.07, 6.45) is 6.36. The van der Waals surface area contributed by atoms with E-state index in [9.17, 15) is 4.39 Å². The van der Waals surface area contributed by atoms with Crippen LogP contribution in [-0.4, -0.2) is 68.7 Å². The second-order valence-electron chi connectivity index (χ2n) is 8.74. The first-order chi connectivity index (χ1) is 18.0. The lowest BCUT2D eigenvalue weighted by Crippen LogP contribution is -2.37. The number of H-pyrrole nitrogens is 1. The molecule has 5 aromatic rings. The lowest BCUT2D eigenvalue weighted by atomic mass is 10.1. The lowest BCUT2D eigenvalue weighted by molar-refractivity contribution is 0.196. The van der Waals surface area contributed by atoms with Crippen molar-refractivity contribution in [2.75, 3.05) is 31.7 Å². The number of aromatic amines is 1. The fourth-order valence-corrected chi connectivity index (χ4v) is 4.62. The van der Waals surface area contributed by atoms with Gasteiger partial charge in [-0.3, -0.25) is 5.10 Å². The Bertz CT molecular complexity index is 1570. The highest BCUT2D eigenvalue weighted by molar-refractivity contribution is 6.00. The summed E-state index contributed by atoms with van der Waals surface area (Å²) in [5.74, 6) is 1.15. The molecule has 190 valence electrons. The third kappa shape index (κ3) is 4.14. The van der Waals surface area contributed by atoms with Crippen molar-refractivity contribution in [2.24, 2.45) is 5.73 Å². The maximum absolute atomic E-state index is 14.0. The Morgan fingerprint density at radius 2 is 2.05 bits per heavy atom. The average molecular weight is 505 g/mol. The third-order valence-electron chi connectivity index (χ3n) is 6.39. The molecule has 0 aliphatic carbocycles. The molecule has 1 aliphatic heterocycles. The van der Waals surface area contributed by atoms with E-state index in [1.54, 1.807) is 10.7 Å². The molecule has 0 unspecified atom stereocenters. The van der Waals surface area contributed by atoms with Crippen molar-refractivity contribution < 1.29 is 18.6 Å². The number of nitrogens with one attached hydrogen (secondary N) is 1. The smallest absolute Gasteiger partial charge is 0.216 e. The SMILES string of the molecule is CCOc1cc(-c2ccc(N3C[C@@H](N)[C@H](Oc4cc(F)c(OC)cn4)C3)nc2)c2c3cn[nH]c3nn2c1. The lowest BCUT2D eigenvalue weighted by Gasteiger charge is -2.18. The van der Waals surface area contributed by atoms with E-state index in [-0.39, 0.29) is 23.8 Å². The number of halogens is 1. The summed E-state index contributed by atoms with van der Waals surface area (Å²) < 4.78 is 32.4. The molecule has 2 atom stereocenters. The summed E-state index contributed by atoms with van der Waals surface area (Å²) >= 11 is 0. The van der Waals surface area contributed by atoms with Gasteiger partial charge in [0.05, 0.1) is 55.8 Å². The second kappa shape index (κ2) is 9.21. The summed E-state index contributed by atoms with van der Waals surface area (Å²) in [5, 5.41) is 12.5. The predicted octanol–water partition coefficient (Wildman–Crippen LogP) is 2.81. The number of nitrogens with two attached hydrogens (primary N) is 1. The predicted molar refractivity (Wildman–Crippen MR) is 135 cm³/mol. The molecule has 3 N–H and O–H groups in total. The van der Waals surface area contributed by atoms with Gasteiger partial charge in [-0.15, -0.1) is 5.10 Å². The molecular weight excluding hydrogens is 479 g/mol. The van der Waals surface area contributed by atoms with Crippen LogP contribution >= 0.6 is 0 Å². The maximum Gasteiger partial charge on any atom is 0.216 e. The first-order valence-electron chi connectivity index (χ1n) is 11.9. The summed E-state index contributed by atoms with van der Waals surface area (Å²) in [5.41, 5.74) is 9.79. The van der Waals surface area contributed by atoms with Gasteiger partial charge in [0.1, 0.15) is 17.7 Å². The molecule has 1 aliphatic rings. The number of rotatable bonds is 7. The number of aromatic nitrogens is 6. The molecule has 11 nitrogen and oxygen atoms in total. The van der Waals surface area contributed by atoms with Crippen molar-refractivity contribution in [3.8, 4) is 28.5 Å². The number of fused-ring (bicyclic) bond motifs is 3. The average Bonchev–Trinajstić information content (AvgIpc) is 3.59. The summed E-state index contributed by atoms with van der Waals surface area (Å²) in [6, 6.07) is 6.85. The van der Waals surface area contributed by atoms with Gasteiger partial charge in [-0.1, -0.05) is 0 Å². The fourth-order valence-electron chi connectivity index (χ4n) is 4.62. The van der Waals surface area contributed by atoms with Gasteiger partial charge in [0.25, 0.3) is 0 Å². The Kier molecular flexibility index (Phi) is 5.72. The first-order valence-corrected chi connectivity index (χ1v) is 11.9. The van der Waals surface area contributed by atoms with Crippen molar-refractivity contribution in [3.63, 3.8) is 0 Å². The fraction of sp³-hybridized carbons (Fsp3) is 0.280. The van der Waals surface area contributed by atoms with E-state index in [0.717, 1.165) is 27.8 Å². The van der Waals surface area contributed by atoms with Crippen molar-refractivity contribution >= 4 is 22.4 Å². The van der Waals surface area contributed by atoms with Crippen LogP contribution in [0.4, 0.5) is 10.2 Å². The Labute approximate surface area is 211 Å². The minimum absolute atomic E-state index is 0.0579.